The molecule has 25 heavy (non-hydrogen) atoms. The molecule has 4 nitrogen and oxygen atoms in total. The highest BCUT2D eigenvalue weighted by molar-refractivity contribution is 5.73. The summed E-state index contributed by atoms with van der Waals surface area (Å²) in [6.45, 7) is 8.90. The molecule has 0 saturated carbocycles. The maximum absolute atomic E-state index is 6.08. The van der Waals surface area contributed by atoms with Gasteiger partial charge in [0.2, 0.25) is 0 Å². The van der Waals surface area contributed by atoms with Crippen LogP contribution in [-0.4, -0.2) is 9.97 Å². The van der Waals surface area contributed by atoms with Crippen LogP contribution in [0.2, 0.25) is 0 Å². The first-order valence-electron chi connectivity index (χ1n) is 8.54. The third-order valence-corrected chi connectivity index (χ3v) is 4.92. The van der Waals surface area contributed by atoms with Gasteiger partial charge in [-0.25, -0.2) is 0 Å². The molecule has 0 aromatic carbocycles. The van der Waals surface area contributed by atoms with Crippen LogP contribution in [0, 0.1) is 0 Å². The quantitative estimate of drug-likeness (QED) is 0.486. The Kier molecular flexibility index (Phi) is 3.46. The van der Waals surface area contributed by atoms with Crippen LogP contribution in [0.3, 0.4) is 0 Å². The maximum Gasteiger partial charge on any atom is 0.152 e. The summed E-state index contributed by atoms with van der Waals surface area (Å²) >= 11 is 0. The molecule has 0 fully saturated rings. The molecular weight excluding hydrogens is 312 g/mol. The average Bonchev–Trinajstić information content (AvgIpc) is 3.20. The minimum atomic E-state index is -0.137. The Balaban J connectivity index is 1.67. The number of hydrogen-bond donors (Lipinski definition) is 0. The minimum Gasteiger partial charge on any atom is -0.463 e. The van der Waals surface area contributed by atoms with E-state index in [-0.39, 0.29) is 10.8 Å². The lowest BCUT2D eigenvalue weighted by atomic mass is 9.71. The molecule has 4 heteroatoms. The van der Waals surface area contributed by atoms with Crippen molar-refractivity contribution in [3.05, 3.63) is 60.3 Å². The molecule has 0 aliphatic carbocycles. The van der Waals surface area contributed by atoms with Gasteiger partial charge >= 0.3 is 0 Å². The van der Waals surface area contributed by atoms with Gasteiger partial charge in [0, 0.05) is 29.9 Å². The zero-order valence-corrected chi connectivity index (χ0v) is 15.0. The first kappa shape index (κ1) is 15.9. The van der Waals surface area contributed by atoms with E-state index in [0.717, 1.165) is 39.9 Å². The predicted molar refractivity (Wildman–Crippen MR) is 98.7 cm³/mol. The van der Waals surface area contributed by atoms with Crippen molar-refractivity contribution in [3.63, 3.8) is 0 Å². The molecule has 0 saturated heterocycles. The number of rotatable bonds is 4. The first-order valence-corrected chi connectivity index (χ1v) is 8.54. The normalized spacial score (nSPS) is 13.0. The topological polar surface area (TPSA) is 52.1 Å². The van der Waals surface area contributed by atoms with Crippen molar-refractivity contribution in [2.24, 2.45) is 0 Å². The van der Waals surface area contributed by atoms with Gasteiger partial charge in [0.15, 0.2) is 11.2 Å². The highest BCUT2D eigenvalue weighted by atomic mass is 16.3. The van der Waals surface area contributed by atoms with Crippen LogP contribution in [0.15, 0.2) is 57.8 Å². The van der Waals surface area contributed by atoms with Gasteiger partial charge in [0.1, 0.15) is 16.8 Å². The molecule has 4 heterocycles. The Morgan fingerprint density at radius 1 is 0.920 bits per heavy atom. The van der Waals surface area contributed by atoms with E-state index < -0.39 is 0 Å². The summed E-state index contributed by atoms with van der Waals surface area (Å²) in [5.41, 5.74) is 4.41. The average molecular weight is 334 g/mol. The van der Waals surface area contributed by atoms with Gasteiger partial charge in [-0.15, -0.1) is 0 Å². The van der Waals surface area contributed by atoms with E-state index in [9.17, 15) is 0 Å². The molecule has 128 valence electrons. The van der Waals surface area contributed by atoms with Crippen LogP contribution in [0.4, 0.5) is 0 Å². The molecule has 0 spiro atoms. The van der Waals surface area contributed by atoms with E-state index in [1.54, 1.807) is 12.5 Å². The third-order valence-electron chi connectivity index (χ3n) is 4.92. The van der Waals surface area contributed by atoms with Crippen LogP contribution in [0.5, 0.6) is 0 Å². The van der Waals surface area contributed by atoms with Gasteiger partial charge in [-0.05, 0) is 35.6 Å². The third kappa shape index (κ3) is 2.82. The van der Waals surface area contributed by atoms with Crippen LogP contribution in [-0.2, 0) is 10.8 Å². The van der Waals surface area contributed by atoms with Gasteiger partial charge in [-0.3, -0.25) is 9.97 Å². The highest BCUT2D eigenvalue weighted by Gasteiger charge is 2.34. The van der Waals surface area contributed by atoms with Gasteiger partial charge < -0.3 is 8.83 Å². The smallest absolute Gasteiger partial charge is 0.152 e. The number of aromatic nitrogens is 2. The minimum absolute atomic E-state index is 0.0795. The number of fused-ring (bicyclic) bond motifs is 2. The number of nitrogens with zero attached hydrogens (tertiary/aromatic N) is 2. The van der Waals surface area contributed by atoms with Crippen molar-refractivity contribution in [2.45, 2.75) is 44.9 Å². The van der Waals surface area contributed by atoms with Crippen molar-refractivity contribution < 1.29 is 8.83 Å². The van der Waals surface area contributed by atoms with E-state index in [2.05, 4.69) is 49.8 Å². The van der Waals surface area contributed by atoms with Gasteiger partial charge in [-0.1, -0.05) is 27.7 Å². The van der Waals surface area contributed by atoms with Gasteiger partial charge in [-0.2, -0.15) is 0 Å². The molecule has 4 rings (SSSR count). The van der Waals surface area contributed by atoms with Crippen molar-refractivity contribution in [2.75, 3.05) is 0 Å². The summed E-state index contributed by atoms with van der Waals surface area (Å²) in [6.07, 6.45) is 6.34. The Bertz CT molecular complexity index is 995. The molecule has 4 aromatic rings. The summed E-state index contributed by atoms with van der Waals surface area (Å²) < 4.78 is 11.6. The molecular formula is C21H22N2O2. The molecule has 0 N–H and O–H groups in total. The van der Waals surface area contributed by atoms with Crippen LogP contribution in [0.1, 0.15) is 45.4 Å². The van der Waals surface area contributed by atoms with Crippen molar-refractivity contribution in [1.29, 1.82) is 0 Å². The van der Waals surface area contributed by atoms with Crippen LogP contribution >= 0.6 is 0 Å². The molecule has 0 aliphatic rings. The summed E-state index contributed by atoms with van der Waals surface area (Å²) in [5, 5.41) is 0. The number of pyridine rings is 2. The Morgan fingerprint density at radius 2 is 1.76 bits per heavy atom. The summed E-state index contributed by atoms with van der Waals surface area (Å²) in [4.78, 5) is 8.90. The molecule has 0 atom stereocenters. The first-order chi connectivity index (χ1) is 11.9. The van der Waals surface area contributed by atoms with Crippen molar-refractivity contribution in [3.8, 4) is 0 Å². The Hall–Kier alpha value is -2.62. The zero-order valence-electron chi connectivity index (χ0n) is 15.0. The molecule has 0 amide bonds. The largest absolute Gasteiger partial charge is 0.463 e. The summed E-state index contributed by atoms with van der Waals surface area (Å²) in [7, 11) is 0. The second-order valence-electron chi connectivity index (χ2n) is 7.97. The lowest BCUT2D eigenvalue weighted by Crippen LogP contribution is -2.29. The summed E-state index contributed by atoms with van der Waals surface area (Å²) in [6, 6.07) is 9.90. The zero-order chi connectivity index (χ0) is 17.7. The van der Waals surface area contributed by atoms with E-state index in [4.69, 9.17) is 8.83 Å². The Labute approximate surface area is 146 Å². The molecule has 0 bridgehead atoms. The predicted octanol–water partition coefficient (Wildman–Crippen LogP) is 5.61. The van der Waals surface area contributed by atoms with Crippen molar-refractivity contribution in [1.82, 2.24) is 9.97 Å². The maximum atomic E-state index is 6.08. The second kappa shape index (κ2) is 5.45. The molecule has 0 aliphatic heterocycles. The highest BCUT2D eigenvalue weighted by Crippen LogP contribution is 2.40. The molecule has 0 radical (unpaired) electrons. The van der Waals surface area contributed by atoms with E-state index in [0.29, 0.717) is 0 Å². The number of hydrogen-bond acceptors (Lipinski definition) is 4. The molecule has 0 unspecified atom stereocenters. The van der Waals surface area contributed by atoms with E-state index >= 15 is 0 Å². The summed E-state index contributed by atoms with van der Waals surface area (Å²) in [5.74, 6) is 0.960. The molecule has 4 aromatic heterocycles. The Morgan fingerprint density at radius 3 is 2.56 bits per heavy atom. The lowest BCUT2D eigenvalue weighted by Gasteiger charge is -2.33. The fraction of sp³-hybridized carbons (Fsp3) is 0.333. The van der Waals surface area contributed by atoms with E-state index in [1.165, 1.54) is 0 Å². The van der Waals surface area contributed by atoms with Crippen LogP contribution in [0.25, 0.3) is 22.2 Å². The SMILES string of the molecule is CC(C)(CC(C)(C)c1cc2ncccc2o1)c1cnc2ccoc2c1. The lowest BCUT2D eigenvalue weighted by molar-refractivity contribution is 0.303. The van der Waals surface area contributed by atoms with Gasteiger partial charge in [0.05, 0.1) is 6.26 Å². The monoisotopic (exact) mass is 334 g/mol. The van der Waals surface area contributed by atoms with Crippen LogP contribution < -0.4 is 0 Å². The van der Waals surface area contributed by atoms with Gasteiger partial charge in [0.25, 0.3) is 0 Å². The second-order valence-corrected chi connectivity index (χ2v) is 7.97. The van der Waals surface area contributed by atoms with E-state index in [1.807, 2.05) is 24.4 Å². The fourth-order valence-electron chi connectivity index (χ4n) is 3.71. The standard InChI is InChI=1S/C21H22N2O2/c1-20(2,14-10-18-15(23-12-14)7-9-24-18)13-21(3,4)19-11-16-17(25-19)6-5-8-22-16/h5-12H,13H2,1-4H3. The number of furan rings is 2. The fourth-order valence-corrected chi connectivity index (χ4v) is 3.71. The van der Waals surface area contributed by atoms with Crippen molar-refractivity contribution >= 4 is 22.2 Å².